The van der Waals surface area contributed by atoms with Crippen LogP contribution in [0.25, 0.3) is 0 Å². The Morgan fingerprint density at radius 3 is 2.26 bits per heavy atom. The summed E-state index contributed by atoms with van der Waals surface area (Å²) in [5, 5.41) is 16.0. The quantitative estimate of drug-likeness (QED) is 0.282. The molecule has 54 heavy (non-hydrogen) atoms. The maximum absolute atomic E-state index is 13.9. The van der Waals surface area contributed by atoms with Gasteiger partial charge in [0.2, 0.25) is 5.91 Å². The minimum Gasteiger partial charge on any atom is -0.497 e. The molecule has 3 heterocycles. The number of methoxy groups -OCH3 is 1. The lowest BCUT2D eigenvalue weighted by Gasteiger charge is -2.39. The van der Waals surface area contributed by atoms with E-state index in [2.05, 4.69) is 42.7 Å². The number of carbonyl (C=O) groups excluding carboxylic acids is 2. The topological polar surface area (TPSA) is 143 Å². The molecule has 5 rings (SSSR count). The molecule has 2 aromatic carbocycles. The monoisotopic (exact) mass is 751 g/mol. The standard InChI is InChI=1S/C40H59N5O6.CH2O2/c1-6-51-36-24-35(50-5)13-12-34(36)27-45(40(2,3)4)28-37(46)44-16-8-11-33(26-44)31-9-7-10-32(23-31)39(49)43-21-19-42(20-22-43)25-30-14-17-41(18-15-30)29-38(47)48;2-1-3/h7,9-10,12-13,23-24,30,33H,6,8,11,14-22,25-29H2,1-5H3,(H,47,48);1H,(H,2,3). The Balaban J connectivity index is 0.00000209. The average molecular weight is 752 g/mol. The molecule has 298 valence electrons. The lowest BCUT2D eigenvalue weighted by Crippen LogP contribution is -2.50. The van der Waals surface area contributed by atoms with E-state index in [9.17, 15) is 14.4 Å². The third-order valence-corrected chi connectivity index (χ3v) is 10.8. The van der Waals surface area contributed by atoms with Gasteiger partial charge < -0.3 is 29.5 Å². The maximum atomic E-state index is 13.9. The number of hydrogen-bond donors (Lipinski definition) is 2. The average Bonchev–Trinajstić information content (AvgIpc) is 3.16. The largest absolute Gasteiger partial charge is 0.497 e. The Morgan fingerprint density at radius 1 is 0.926 bits per heavy atom. The Labute approximate surface area is 320 Å². The van der Waals surface area contributed by atoms with Crippen LogP contribution in [-0.4, -0.2) is 150 Å². The molecule has 13 nitrogen and oxygen atoms in total. The van der Waals surface area contributed by atoms with Gasteiger partial charge in [-0.1, -0.05) is 18.2 Å². The van der Waals surface area contributed by atoms with Crippen LogP contribution in [0.15, 0.2) is 42.5 Å². The van der Waals surface area contributed by atoms with Crippen LogP contribution in [0.3, 0.4) is 0 Å². The summed E-state index contributed by atoms with van der Waals surface area (Å²) in [6, 6.07) is 13.9. The third kappa shape index (κ3) is 12.4. The number of aliphatic carboxylic acids is 1. The van der Waals surface area contributed by atoms with Gasteiger partial charge in [0.1, 0.15) is 11.5 Å². The van der Waals surface area contributed by atoms with Gasteiger partial charge in [-0.3, -0.25) is 33.9 Å². The number of carboxylic acids is 1. The number of piperazine rings is 1. The van der Waals surface area contributed by atoms with Crippen LogP contribution < -0.4 is 9.47 Å². The second kappa shape index (κ2) is 20.5. The number of carboxylic acid groups (broad SMARTS) is 2. The van der Waals surface area contributed by atoms with Crippen molar-refractivity contribution < 1.29 is 38.9 Å². The molecule has 3 saturated heterocycles. The molecule has 0 bridgehead atoms. The summed E-state index contributed by atoms with van der Waals surface area (Å²) in [7, 11) is 1.65. The van der Waals surface area contributed by atoms with Crippen molar-refractivity contribution in [2.24, 2.45) is 5.92 Å². The van der Waals surface area contributed by atoms with E-state index in [0.717, 1.165) is 93.1 Å². The molecule has 0 aliphatic carbocycles. The Kier molecular flexibility index (Phi) is 16.1. The van der Waals surface area contributed by atoms with Crippen molar-refractivity contribution in [3.63, 3.8) is 0 Å². The highest BCUT2D eigenvalue weighted by Crippen LogP contribution is 2.31. The third-order valence-electron chi connectivity index (χ3n) is 10.8. The molecule has 3 aliphatic rings. The minimum absolute atomic E-state index is 0.0768. The van der Waals surface area contributed by atoms with Crippen molar-refractivity contribution in [2.45, 2.75) is 71.4 Å². The SMILES string of the molecule is CCOc1cc(OC)ccc1CN(CC(=O)N1CCCC(c2cccc(C(=O)N3CCN(CC4CCN(CC(=O)O)CC4)CC3)c2)C1)C(C)(C)C.O=CO. The summed E-state index contributed by atoms with van der Waals surface area (Å²) in [5.41, 5.74) is 2.63. The molecule has 2 amide bonds. The molecule has 0 radical (unpaired) electrons. The molecule has 3 fully saturated rings. The zero-order valence-electron chi connectivity index (χ0n) is 32.9. The number of carbonyl (C=O) groups is 4. The molecule has 0 saturated carbocycles. The lowest BCUT2D eigenvalue weighted by atomic mass is 9.89. The zero-order valence-corrected chi connectivity index (χ0v) is 32.9. The first-order chi connectivity index (χ1) is 25.8. The van der Waals surface area contributed by atoms with E-state index in [1.807, 2.05) is 52.0 Å². The van der Waals surface area contributed by atoms with E-state index in [1.165, 1.54) is 0 Å². The summed E-state index contributed by atoms with van der Waals surface area (Å²) in [4.78, 5) is 57.6. The maximum Gasteiger partial charge on any atom is 0.317 e. The number of nitrogens with zero attached hydrogens (tertiary/aromatic N) is 5. The van der Waals surface area contributed by atoms with E-state index < -0.39 is 5.97 Å². The van der Waals surface area contributed by atoms with Crippen molar-refractivity contribution >= 4 is 24.3 Å². The van der Waals surface area contributed by atoms with Crippen molar-refractivity contribution in [2.75, 3.05) is 85.7 Å². The summed E-state index contributed by atoms with van der Waals surface area (Å²) in [6.07, 6.45) is 3.97. The number of ether oxygens (including phenoxy) is 2. The first-order valence-corrected chi connectivity index (χ1v) is 19.3. The van der Waals surface area contributed by atoms with Gasteiger partial charge >= 0.3 is 5.97 Å². The molecule has 0 aromatic heterocycles. The van der Waals surface area contributed by atoms with Crippen LogP contribution in [0.1, 0.15) is 80.8 Å². The highest BCUT2D eigenvalue weighted by atomic mass is 16.5. The number of hydrogen-bond acceptors (Lipinski definition) is 9. The second-order valence-electron chi connectivity index (χ2n) is 15.5. The van der Waals surface area contributed by atoms with E-state index in [1.54, 1.807) is 7.11 Å². The summed E-state index contributed by atoms with van der Waals surface area (Å²) in [6.45, 7) is 16.9. The van der Waals surface area contributed by atoms with Crippen molar-refractivity contribution in [1.82, 2.24) is 24.5 Å². The lowest BCUT2D eigenvalue weighted by molar-refractivity contribution is -0.138. The molecule has 2 aromatic rings. The summed E-state index contributed by atoms with van der Waals surface area (Å²) >= 11 is 0. The molecule has 13 heteroatoms. The van der Waals surface area contributed by atoms with Gasteiger partial charge in [-0.25, -0.2) is 0 Å². The number of piperidine rings is 2. The first-order valence-electron chi connectivity index (χ1n) is 19.3. The molecule has 3 aliphatic heterocycles. The molecular weight excluding hydrogens is 690 g/mol. The number of likely N-dealkylation sites (tertiary alicyclic amines) is 2. The van der Waals surface area contributed by atoms with Crippen LogP contribution in [0.2, 0.25) is 0 Å². The van der Waals surface area contributed by atoms with Crippen LogP contribution in [-0.2, 0) is 20.9 Å². The fourth-order valence-electron chi connectivity index (χ4n) is 7.68. The van der Waals surface area contributed by atoms with Gasteiger partial charge in [0.25, 0.3) is 12.4 Å². The Hall–Kier alpha value is -4.20. The van der Waals surface area contributed by atoms with Gasteiger partial charge in [-0.05, 0) is 96.1 Å². The molecule has 1 unspecified atom stereocenters. The molecule has 2 N–H and O–H groups in total. The first kappa shape index (κ1) is 42.5. The van der Waals surface area contributed by atoms with Crippen LogP contribution in [0.5, 0.6) is 11.5 Å². The predicted octanol–water partition coefficient (Wildman–Crippen LogP) is 4.36. The zero-order chi connectivity index (χ0) is 39.3. The van der Waals surface area contributed by atoms with Crippen molar-refractivity contribution in [3.8, 4) is 11.5 Å². The van der Waals surface area contributed by atoms with Gasteiger partial charge in [-0.2, -0.15) is 0 Å². The van der Waals surface area contributed by atoms with Crippen molar-refractivity contribution in [1.29, 1.82) is 0 Å². The predicted molar refractivity (Wildman–Crippen MR) is 207 cm³/mol. The normalized spacial score (nSPS) is 18.8. The Morgan fingerprint density at radius 2 is 1.63 bits per heavy atom. The van der Waals surface area contributed by atoms with E-state index >= 15 is 0 Å². The van der Waals surface area contributed by atoms with Gasteiger partial charge in [0.05, 0.1) is 26.8 Å². The number of rotatable bonds is 13. The highest BCUT2D eigenvalue weighted by molar-refractivity contribution is 5.94. The Bertz CT molecular complexity index is 1530. The van der Waals surface area contributed by atoms with Crippen LogP contribution >= 0.6 is 0 Å². The van der Waals surface area contributed by atoms with Crippen molar-refractivity contribution in [3.05, 3.63) is 59.2 Å². The summed E-state index contributed by atoms with van der Waals surface area (Å²) in [5.74, 6) is 1.73. The van der Waals surface area contributed by atoms with E-state index in [0.29, 0.717) is 45.2 Å². The highest BCUT2D eigenvalue weighted by Gasteiger charge is 2.31. The van der Waals surface area contributed by atoms with E-state index in [-0.39, 0.29) is 36.3 Å². The molecular formula is C41H61N5O8. The smallest absolute Gasteiger partial charge is 0.317 e. The fraction of sp³-hybridized carbons (Fsp3) is 0.610. The number of amides is 2. The molecule has 0 spiro atoms. The van der Waals surface area contributed by atoms with Gasteiger partial charge in [-0.15, -0.1) is 0 Å². The second-order valence-corrected chi connectivity index (χ2v) is 15.5. The van der Waals surface area contributed by atoms with Gasteiger partial charge in [0, 0.05) is 81.0 Å². The van der Waals surface area contributed by atoms with Crippen LogP contribution in [0, 0.1) is 5.92 Å². The fourth-order valence-corrected chi connectivity index (χ4v) is 7.68. The van der Waals surface area contributed by atoms with E-state index in [4.69, 9.17) is 24.5 Å². The summed E-state index contributed by atoms with van der Waals surface area (Å²) < 4.78 is 11.4. The minimum atomic E-state index is -0.756. The number of benzene rings is 2. The molecule has 1 atom stereocenters. The van der Waals surface area contributed by atoms with Crippen LogP contribution in [0.4, 0.5) is 0 Å². The van der Waals surface area contributed by atoms with Gasteiger partial charge in [0.15, 0.2) is 0 Å².